The van der Waals surface area contributed by atoms with Gasteiger partial charge in [0.2, 0.25) is 0 Å². The lowest BCUT2D eigenvalue weighted by molar-refractivity contribution is 0.0973. The Hall–Kier alpha value is -2.44. The van der Waals surface area contributed by atoms with E-state index < -0.39 is 0 Å². The number of Topliss-reactive ketones (excluding diaryl/α,β-unsaturated/α-hetero) is 1. The molecule has 1 aliphatic carbocycles. The second-order valence-corrected chi connectivity index (χ2v) is 6.56. The molecule has 0 amide bonds. The molecule has 0 atom stereocenters. The summed E-state index contributed by atoms with van der Waals surface area (Å²) in [6.45, 7) is 0. The van der Waals surface area contributed by atoms with Gasteiger partial charge in [-0.05, 0) is 37.1 Å². The molecule has 0 unspecified atom stereocenters. The number of halogens is 2. The minimum atomic E-state index is 0.0547. The summed E-state index contributed by atoms with van der Waals surface area (Å²) in [7, 11) is 0. The van der Waals surface area contributed by atoms with E-state index in [4.69, 9.17) is 23.2 Å². The van der Waals surface area contributed by atoms with Gasteiger partial charge in [-0.25, -0.2) is 14.6 Å². The average Bonchev–Trinajstić information content (AvgIpc) is 2.94. The van der Waals surface area contributed by atoms with E-state index in [9.17, 15) is 4.79 Å². The van der Waals surface area contributed by atoms with Gasteiger partial charge in [0.1, 0.15) is 0 Å². The maximum atomic E-state index is 12.5. The molecule has 4 rings (SSSR count). The molecule has 0 saturated heterocycles. The maximum absolute atomic E-state index is 12.5. The van der Waals surface area contributed by atoms with Gasteiger partial charge in [-0.15, -0.1) is 5.10 Å². The van der Waals surface area contributed by atoms with Gasteiger partial charge >= 0.3 is 0 Å². The van der Waals surface area contributed by atoms with Crippen LogP contribution in [-0.4, -0.2) is 25.5 Å². The highest BCUT2D eigenvalue weighted by Crippen LogP contribution is 2.32. The van der Waals surface area contributed by atoms with Crippen molar-refractivity contribution in [1.82, 2.24) is 19.7 Å². The molecule has 0 aliphatic heterocycles. The van der Waals surface area contributed by atoms with Gasteiger partial charge in [0.05, 0.1) is 11.3 Å². The molecule has 0 fully saturated rings. The number of hydrogen-bond donors (Lipinski definition) is 1. The van der Waals surface area contributed by atoms with Gasteiger partial charge in [0, 0.05) is 34.5 Å². The Bertz CT molecular complexity index is 935. The molecule has 8 heteroatoms. The van der Waals surface area contributed by atoms with Gasteiger partial charge in [-0.3, -0.25) is 4.79 Å². The third-order valence-electron chi connectivity index (χ3n) is 3.94. The van der Waals surface area contributed by atoms with Crippen LogP contribution in [0.25, 0.3) is 5.95 Å². The van der Waals surface area contributed by atoms with E-state index in [0.29, 0.717) is 39.5 Å². The van der Waals surface area contributed by atoms with Crippen LogP contribution in [0.15, 0.2) is 36.7 Å². The summed E-state index contributed by atoms with van der Waals surface area (Å²) in [5, 5.41) is 8.70. The van der Waals surface area contributed by atoms with Crippen molar-refractivity contribution < 1.29 is 4.79 Å². The monoisotopic (exact) mass is 373 g/mol. The van der Waals surface area contributed by atoms with Crippen molar-refractivity contribution in [2.75, 3.05) is 5.32 Å². The first-order chi connectivity index (χ1) is 12.1. The number of fused-ring (bicyclic) bond motifs is 1. The Morgan fingerprint density at radius 1 is 1.04 bits per heavy atom. The molecule has 1 aliphatic rings. The number of aromatic nitrogens is 4. The minimum Gasteiger partial charge on any atom is -0.338 e. The van der Waals surface area contributed by atoms with Crippen LogP contribution in [0.3, 0.4) is 0 Å². The normalized spacial score (nSPS) is 13.6. The molecule has 0 radical (unpaired) electrons. The number of nitrogens with one attached hydrogen (secondary N) is 1. The number of carbonyl (C=O) groups excluding carboxylic acids is 1. The van der Waals surface area contributed by atoms with Gasteiger partial charge in [0.25, 0.3) is 5.95 Å². The molecule has 25 heavy (non-hydrogen) atoms. The molecular weight excluding hydrogens is 361 g/mol. The average molecular weight is 374 g/mol. The second-order valence-electron chi connectivity index (χ2n) is 5.69. The van der Waals surface area contributed by atoms with Crippen molar-refractivity contribution in [3.8, 4) is 5.95 Å². The van der Waals surface area contributed by atoms with Crippen molar-refractivity contribution in [2.45, 2.75) is 19.3 Å². The molecule has 1 N–H and O–H groups in total. The SMILES string of the molecule is O=C1CCCc2c1c(Nc1cc(Cl)cc(Cl)c1)nn2-c1ncccn1. The van der Waals surface area contributed by atoms with Crippen molar-refractivity contribution in [3.05, 3.63) is 58.0 Å². The van der Waals surface area contributed by atoms with Crippen LogP contribution < -0.4 is 5.32 Å². The van der Waals surface area contributed by atoms with Crippen LogP contribution in [0, 0.1) is 0 Å². The number of nitrogens with zero attached hydrogens (tertiary/aromatic N) is 4. The van der Waals surface area contributed by atoms with E-state index in [1.807, 2.05) is 0 Å². The molecule has 3 aromatic rings. The number of ketones is 1. The Morgan fingerprint density at radius 3 is 2.48 bits per heavy atom. The molecular formula is C17H13Cl2N5O. The highest BCUT2D eigenvalue weighted by molar-refractivity contribution is 6.35. The number of carbonyl (C=O) groups is 1. The van der Waals surface area contributed by atoms with Crippen LogP contribution in [0.2, 0.25) is 10.0 Å². The highest BCUT2D eigenvalue weighted by Gasteiger charge is 2.28. The summed E-state index contributed by atoms with van der Waals surface area (Å²) in [5.41, 5.74) is 2.06. The van der Waals surface area contributed by atoms with Crippen molar-refractivity contribution in [2.24, 2.45) is 0 Å². The summed E-state index contributed by atoms with van der Waals surface area (Å²) in [6.07, 6.45) is 5.31. The Balaban J connectivity index is 1.82. The second kappa shape index (κ2) is 6.46. The zero-order chi connectivity index (χ0) is 17.4. The van der Waals surface area contributed by atoms with E-state index in [1.165, 1.54) is 0 Å². The van der Waals surface area contributed by atoms with Gasteiger partial charge < -0.3 is 5.32 Å². The first kappa shape index (κ1) is 16.1. The van der Waals surface area contributed by atoms with E-state index >= 15 is 0 Å². The smallest absolute Gasteiger partial charge is 0.250 e. The number of benzene rings is 1. The van der Waals surface area contributed by atoms with Crippen LogP contribution >= 0.6 is 23.2 Å². The fraction of sp³-hybridized carbons (Fsp3) is 0.176. The lowest BCUT2D eigenvalue weighted by Gasteiger charge is -2.13. The highest BCUT2D eigenvalue weighted by atomic mass is 35.5. The number of hydrogen-bond acceptors (Lipinski definition) is 5. The molecule has 0 bridgehead atoms. The summed E-state index contributed by atoms with van der Waals surface area (Å²) < 4.78 is 1.63. The van der Waals surface area contributed by atoms with E-state index in [1.54, 1.807) is 41.3 Å². The first-order valence-corrected chi connectivity index (χ1v) is 8.53. The molecule has 0 spiro atoms. The Kier molecular flexibility index (Phi) is 4.15. The number of rotatable bonds is 3. The van der Waals surface area contributed by atoms with Crippen molar-refractivity contribution in [1.29, 1.82) is 0 Å². The lowest BCUT2D eigenvalue weighted by Crippen LogP contribution is -2.14. The molecule has 6 nitrogen and oxygen atoms in total. The van der Waals surface area contributed by atoms with Crippen molar-refractivity contribution >= 4 is 40.5 Å². The Morgan fingerprint density at radius 2 is 1.76 bits per heavy atom. The zero-order valence-electron chi connectivity index (χ0n) is 13.0. The summed E-state index contributed by atoms with van der Waals surface area (Å²) in [5.74, 6) is 0.954. The van der Waals surface area contributed by atoms with Crippen molar-refractivity contribution in [3.63, 3.8) is 0 Å². The standard InChI is InChI=1S/C17H13Cl2N5O/c18-10-7-11(19)9-12(8-10)22-16-15-13(3-1-4-14(15)25)24(23-16)17-20-5-2-6-21-17/h2,5-9H,1,3-4H2,(H,22,23). The molecule has 2 heterocycles. The Labute approximate surface area is 153 Å². The molecule has 1 aromatic carbocycles. The fourth-order valence-corrected chi connectivity index (χ4v) is 3.46. The van der Waals surface area contributed by atoms with E-state index in [-0.39, 0.29) is 5.78 Å². The summed E-state index contributed by atoms with van der Waals surface area (Å²) >= 11 is 12.1. The topological polar surface area (TPSA) is 72.7 Å². The van der Waals surface area contributed by atoms with Crippen LogP contribution in [0.1, 0.15) is 28.9 Å². The van der Waals surface area contributed by atoms with Gasteiger partial charge in [-0.1, -0.05) is 23.2 Å². The predicted molar refractivity (Wildman–Crippen MR) is 96.2 cm³/mol. The van der Waals surface area contributed by atoms with Crippen LogP contribution in [0.5, 0.6) is 0 Å². The molecule has 0 saturated carbocycles. The lowest BCUT2D eigenvalue weighted by atomic mass is 9.96. The van der Waals surface area contributed by atoms with Gasteiger partial charge in [-0.2, -0.15) is 0 Å². The quantitative estimate of drug-likeness (QED) is 0.743. The fourth-order valence-electron chi connectivity index (χ4n) is 2.93. The van der Waals surface area contributed by atoms with Crippen LogP contribution in [-0.2, 0) is 6.42 Å². The van der Waals surface area contributed by atoms with Gasteiger partial charge in [0.15, 0.2) is 11.6 Å². The molecule has 126 valence electrons. The first-order valence-electron chi connectivity index (χ1n) is 7.77. The zero-order valence-corrected chi connectivity index (χ0v) is 14.6. The number of anilines is 2. The predicted octanol–water partition coefficient (Wildman–Crippen LogP) is 4.23. The summed E-state index contributed by atoms with van der Waals surface area (Å²) in [6, 6.07) is 6.83. The molecule has 2 aromatic heterocycles. The van der Waals surface area contributed by atoms with E-state index in [0.717, 1.165) is 18.5 Å². The summed E-state index contributed by atoms with van der Waals surface area (Å²) in [4.78, 5) is 21.0. The maximum Gasteiger partial charge on any atom is 0.250 e. The largest absolute Gasteiger partial charge is 0.338 e. The van der Waals surface area contributed by atoms with E-state index in [2.05, 4.69) is 20.4 Å². The third kappa shape index (κ3) is 3.10. The third-order valence-corrected chi connectivity index (χ3v) is 4.38. The minimum absolute atomic E-state index is 0.0547. The van der Waals surface area contributed by atoms with Crippen LogP contribution in [0.4, 0.5) is 11.5 Å².